The maximum absolute atomic E-state index is 11.7. The van der Waals surface area contributed by atoms with Crippen molar-refractivity contribution in [2.75, 3.05) is 26.2 Å². The van der Waals surface area contributed by atoms with Gasteiger partial charge in [-0.05, 0) is 31.6 Å². The average molecular weight is 362 g/mol. The van der Waals surface area contributed by atoms with Crippen molar-refractivity contribution in [2.45, 2.75) is 27.3 Å². The molecule has 0 saturated carbocycles. The Bertz CT molecular complexity index is 707. The van der Waals surface area contributed by atoms with Gasteiger partial charge in [-0.3, -0.25) is 9.69 Å². The molecule has 1 aliphatic rings. The Morgan fingerprint density at radius 2 is 1.96 bits per heavy atom. The van der Waals surface area contributed by atoms with E-state index in [1.165, 1.54) is 11.3 Å². The van der Waals surface area contributed by atoms with Crippen LogP contribution in [0.25, 0.3) is 0 Å². The van der Waals surface area contributed by atoms with Crippen molar-refractivity contribution in [3.05, 3.63) is 58.6 Å². The van der Waals surface area contributed by atoms with Crippen molar-refractivity contribution >= 4 is 17.4 Å². The van der Waals surface area contributed by atoms with E-state index in [1.807, 2.05) is 30.7 Å². The summed E-state index contributed by atoms with van der Waals surface area (Å²) in [6.45, 7) is 14.1. The zero-order chi connectivity index (χ0) is 18.6. The number of piperazine rings is 1. The van der Waals surface area contributed by atoms with Crippen LogP contribution in [-0.2, 0) is 13.6 Å². The molecule has 5 heteroatoms. The molecule has 4 nitrogen and oxygen atoms in total. The number of aromatic nitrogens is 1. The normalized spacial score (nSPS) is 17.1. The number of rotatable bonds is 6. The molecule has 1 aromatic heterocycles. The molecule has 0 aliphatic carbocycles. The lowest BCUT2D eigenvalue weighted by atomic mass is 10.2. The summed E-state index contributed by atoms with van der Waals surface area (Å²) in [4.78, 5) is 16.5. The molecule has 1 fully saturated rings. The molecule has 2 heterocycles. The standard InChI is InChI=1S/C20H28ClN3O/c1-6-8-18(21)19(7-2)24-11-9-23(10-12-24)14-17-13-20(16(4)25)22(5)15(17)3/h6-8,13H,1,9-12,14H2,2-5H3/b18-8+,19-7+. The summed E-state index contributed by atoms with van der Waals surface area (Å²) in [7, 11) is 1.96. The molecule has 1 aromatic rings. The number of nitrogens with zero attached hydrogens (tertiary/aromatic N) is 3. The minimum atomic E-state index is 0.114. The monoisotopic (exact) mass is 361 g/mol. The van der Waals surface area contributed by atoms with E-state index in [4.69, 9.17) is 11.6 Å². The Balaban J connectivity index is 2.02. The second-order valence-electron chi connectivity index (χ2n) is 6.44. The number of carbonyl (C=O) groups is 1. The van der Waals surface area contributed by atoms with Gasteiger partial charge >= 0.3 is 0 Å². The van der Waals surface area contributed by atoms with Gasteiger partial charge in [-0.15, -0.1) is 0 Å². The average Bonchev–Trinajstić information content (AvgIpc) is 2.86. The quantitative estimate of drug-likeness (QED) is 0.569. The van der Waals surface area contributed by atoms with Crippen LogP contribution >= 0.6 is 11.6 Å². The van der Waals surface area contributed by atoms with Crippen LogP contribution in [0.4, 0.5) is 0 Å². The summed E-state index contributed by atoms with van der Waals surface area (Å²) in [5.74, 6) is 0.114. The van der Waals surface area contributed by atoms with Gasteiger partial charge in [0, 0.05) is 52.4 Å². The first-order chi connectivity index (χ1) is 11.9. The fraction of sp³-hybridized carbons (Fsp3) is 0.450. The van der Waals surface area contributed by atoms with Crippen molar-refractivity contribution < 1.29 is 4.79 Å². The predicted octanol–water partition coefficient (Wildman–Crippen LogP) is 3.87. The highest BCUT2D eigenvalue weighted by molar-refractivity contribution is 6.32. The molecule has 2 rings (SSSR count). The first kappa shape index (κ1) is 19.5. The van der Waals surface area contributed by atoms with Crippen LogP contribution in [0.5, 0.6) is 0 Å². The smallest absolute Gasteiger partial charge is 0.176 e. The van der Waals surface area contributed by atoms with Crippen molar-refractivity contribution in [2.24, 2.45) is 7.05 Å². The van der Waals surface area contributed by atoms with E-state index >= 15 is 0 Å². The second-order valence-corrected chi connectivity index (χ2v) is 6.85. The molecular weight excluding hydrogens is 334 g/mol. The van der Waals surface area contributed by atoms with E-state index in [0.717, 1.165) is 49.1 Å². The third kappa shape index (κ3) is 4.44. The molecule has 25 heavy (non-hydrogen) atoms. The Morgan fingerprint density at radius 3 is 2.44 bits per heavy atom. The van der Waals surface area contributed by atoms with E-state index in [9.17, 15) is 4.79 Å². The third-order valence-corrected chi connectivity index (χ3v) is 5.21. The lowest BCUT2D eigenvalue weighted by Crippen LogP contribution is -2.45. The summed E-state index contributed by atoms with van der Waals surface area (Å²) in [5, 5.41) is 0.732. The summed E-state index contributed by atoms with van der Waals surface area (Å²) in [6, 6.07) is 2.03. The molecule has 1 aliphatic heterocycles. The molecule has 1 saturated heterocycles. The first-order valence-corrected chi connectivity index (χ1v) is 9.05. The maximum atomic E-state index is 11.7. The predicted molar refractivity (Wildman–Crippen MR) is 105 cm³/mol. The summed E-state index contributed by atoms with van der Waals surface area (Å²) in [6.07, 6.45) is 5.60. The first-order valence-electron chi connectivity index (χ1n) is 8.67. The molecule has 136 valence electrons. The van der Waals surface area contributed by atoms with Crippen LogP contribution in [0.2, 0.25) is 0 Å². The van der Waals surface area contributed by atoms with Crippen molar-refractivity contribution in [3.8, 4) is 0 Å². The lowest BCUT2D eigenvalue weighted by molar-refractivity contribution is 0.101. The van der Waals surface area contributed by atoms with E-state index in [2.05, 4.69) is 29.4 Å². The van der Waals surface area contributed by atoms with Crippen LogP contribution in [-0.4, -0.2) is 46.3 Å². The topological polar surface area (TPSA) is 28.5 Å². The molecule has 0 aromatic carbocycles. The third-order valence-electron chi connectivity index (χ3n) is 4.89. The second kappa shape index (κ2) is 8.54. The molecule has 0 spiro atoms. The van der Waals surface area contributed by atoms with Gasteiger partial charge in [0.15, 0.2) is 5.78 Å². The van der Waals surface area contributed by atoms with E-state index in [1.54, 1.807) is 13.0 Å². The van der Waals surface area contributed by atoms with Gasteiger partial charge in [-0.2, -0.15) is 0 Å². The van der Waals surface area contributed by atoms with Crippen LogP contribution in [0, 0.1) is 6.92 Å². The number of Topliss-reactive ketones (excluding diaryl/α,β-unsaturated/α-hetero) is 1. The van der Waals surface area contributed by atoms with E-state index < -0.39 is 0 Å². The Hall–Kier alpha value is -1.78. The molecule has 0 radical (unpaired) electrons. The van der Waals surface area contributed by atoms with Crippen LogP contribution in [0.3, 0.4) is 0 Å². The van der Waals surface area contributed by atoms with Gasteiger partial charge in [0.05, 0.1) is 16.4 Å². The number of hydrogen-bond donors (Lipinski definition) is 0. The maximum Gasteiger partial charge on any atom is 0.176 e. The van der Waals surface area contributed by atoms with Crippen molar-refractivity contribution in [1.82, 2.24) is 14.4 Å². The minimum absolute atomic E-state index is 0.114. The summed E-state index contributed by atoms with van der Waals surface area (Å²) in [5.41, 5.74) is 4.25. The fourth-order valence-electron chi connectivity index (χ4n) is 3.31. The molecule has 0 atom stereocenters. The summed E-state index contributed by atoms with van der Waals surface area (Å²) >= 11 is 6.35. The molecule has 0 N–H and O–H groups in total. The van der Waals surface area contributed by atoms with Crippen molar-refractivity contribution in [3.63, 3.8) is 0 Å². The number of carbonyl (C=O) groups excluding carboxylic acids is 1. The van der Waals surface area contributed by atoms with Gasteiger partial charge in [-0.1, -0.05) is 30.3 Å². The Kier molecular flexibility index (Phi) is 6.68. The molecule has 0 amide bonds. The molecule has 0 bridgehead atoms. The highest BCUT2D eigenvalue weighted by atomic mass is 35.5. The molecular formula is C20H28ClN3O. The van der Waals surface area contributed by atoms with Crippen LogP contribution in [0.1, 0.15) is 35.6 Å². The fourth-order valence-corrected chi connectivity index (χ4v) is 3.63. The van der Waals surface area contributed by atoms with E-state index in [0.29, 0.717) is 0 Å². The van der Waals surface area contributed by atoms with Gasteiger partial charge in [0.2, 0.25) is 0 Å². The van der Waals surface area contributed by atoms with Gasteiger partial charge in [0.25, 0.3) is 0 Å². The van der Waals surface area contributed by atoms with Crippen LogP contribution < -0.4 is 0 Å². The number of allylic oxidation sites excluding steroid dienone is 4. The SMILES string of the molecule is C=C/C=C(Cl)\C(=C/C)N1CCN(Cc2cc(C(C)=O)n(C)c2C)CC1. The molecule has 0 unspecified atom stereocenters. The van der Waals surface area contributed by atoms with E-state index in [-0.39, 0.29) is 5.78 Å². The number of ketones is 1. The van der Waals surface area contributed by atoms with Gasteiger partial charge < -0.3 is 9.47 Å². The number of halogens is 1. The largest absolute Gasteiger partial charge is 0.368 e. The van der Waals surface area contributed by atoms with Crippen LogP contribution in [0.15, 0.2) is 41.6 Å². The Labute approximate surface area is 156 Å². The van der Waals surface area contributed by atoms with Gasteiger partial charge in [-0.25, -0.2) is 0 Å². The lowest BCUT2D eigenvalue weighted by Gasteiger charge is -2.37. The zero-order valence-electron chi connectivity index (χ0n) is 15.7. The zero-order valence-corrected chi connectivity index (χ0v) is 16.4. The number of hydrogen-bond acceptors (Lipinski definition) is 3. The van der Waals surface area contributed by atoms with Gasteiger partial charge in [0.1, 0.15) is 0 Å². The van der Waals surface area contributed by atoms with Crippen molar-refractivity contribution in [1.29, 1.82) is 0 Å². The Morgan fingerprint density at radius 1 is 1.32 bits per heavy atom. The highest BCUT2D eigenvalue weighted by Gasteiger charge is 2.21. The summed E-state index contributed by atoms with van der Waals surface area (Å²) < 4.78 is 1.99. The minimum Gasteiger partial charge on any atom is -0.368 e. The highest BCUT2D eigenvalue weighted by Crippen LogP contribution is 2.23.